The highest BCUT2D eigenvalue weighted by Crippen LogP contribution is 2.33. The zero-order valence-corrected chi connectivity index (χ0v) is 13.9. The molecule has 2 aromatic rings. The van der Waals surface area contributed by atoms with E-state index in [1.54, 1.807) is 32.4 Å². The van der Waals surface area contributed by atoms with Crippen LogP contribution in [-0.4, -0.2) is 26.2 Å². The second-order valence-electron chi connectivity index (χ2n) is 4.64. The number of ether oxygens (including phenoxy) is 2. The van der Waals surface area contributed by atoms with Gasteiger partial charge >= 0.3 is 0 Å². The molecular formula is C17H17Cl2NO2. The molecule has 0 spiro atoms. The van der Waals surface area contributed by atoms with Crippen LogP contribution in [0.25, 0.3) is 0 Å². The van der Waals surface area contributed by atoms with Gasteiger partial charge in [0.1, 0.15) is 11.8 Å². The fourth-order valence-corrected chi connectivity index (χ4v) is 2.54. The van der Waals surface area contributed by atoms with Crippen molar-refractivity contribution in [3.63, 3.8) is 0 Å². The Labute approximate surface area is 140 Å². The summed E-state index contributed by atoms with van der Waals surface area (Å²) in [5.41, 5.74) is 1.61. The van der Waals surface area contributed by atoms with Crippen LogP contribution in [-0.2, 0) is 15.9 Å². The lowest BCUT2D eigenvalue weighted by molar-refractivity contribution is 0.134. The first-order chi connectivity index (χ1) is 10.7. The Morgan fingerprint density at radius 1 is 1.00 bits per heavy atom. The topological polar surface area (TPSA) is 30.8 Å². The van der Waals surface area contributed by atoms with Gasteiger partial charge in [-0.05, 0) is 17.7 Å². The third-order valence-electron chi connectivity index (χ3n) is 3.19. The number of halogens is 2. The summed E-state index contributed by atoms with van der Waals surface area (Å²) < 4.78 is 10.9. The van der Waals surface area contributed by atoms with Crippen molar-refractivity contribution < 1.29 is 9.47 Å². The quantitative estimate of drug-likeness (QED) is 0.572. The van der Waals surface area contributed by atoms with Gasteiger partial charge in [-0.2, -0.15) is 0 Å². The lowest BCUT2D eigenvalue weighted by atomic mass is 10.1. The molecule has 0 aliphatic carbocycles. The maximum atomic E-state index is 6.15. The minimum absolute atomic E-state index is 0.320. The predicted octanol–water partition coefficient (Wildman–Crippen LogP) is 4.93. The molecule has 2 aromatic carbocycles. The molecule has 1 atom stereocenters. The van der Waals surface area contributed by atoms with E-state index < -0.39 is 0 Å². The molecule has 0 aromatic heterocycles. The Morgan fingerprint density at radius 2 is 1.64 bits per heavy atom. The highest BCUT2D eigenvalue weighted by Gasteiger charge is 2.18. The molecule has 0 saturated carbocycles. The summed E-state index contributed by atoms with van der Waals surface area (Å²) in [6.07, 6.45) is 0.325. The van der Waals surface area contributed by atoms with Crippen LogP contribution in [0.5, 0.6) is 0 Å². The van der Waals surface area contributed by atoms with Gasteiger partial charge in [-0.15, -0.1) is 0 Å². The van der Waals surface area contributed by atoms with E-state index in [9.17, 15) is 0 Å². The van der Waals surface area contributed by atoms with Gasteiger partial charge in [-0.3, -0.25) is 0 Å². The zero-order valence-electron chi connectivity index (χ0n) is 12.4. The Bertz CT molecular complexity index is 624. The summed E-state index contributed by atoms with van der Waals surface area (Å²) in [5, 5.41) is 0.938. The van der Waals surface area contributed by atoms with E-state index in [1.165, 1.54) is 0 Å². The fraction of sp³-hybridized carbons (Fsp3) is 0.235. The van der Waals surface area contributed by atoms with Crippen molar-refractivity contribution in [1.82, 2.24) is 0 Å². The van der Waals surface area contributed by atoms with E-state index in [0.717, 1.165) is 5.56 Å². The number of aliphatic imine (C=N–C) groups is 1. The first kappa shape index (κ1) is 16.8. The molecule has 0 N–H and O–H groups in total. The lowest BCUT2D eigenvalue weighted by Crippen LogP contribution is -2.27. The standard InChI is InChI=1S/C17H17Cl2NO2/c1-21-15(11-12-7-4-3-5-8-12)17(22-2)20-16-13(18)9-6-10-14(16)19/h3-10,15H,11H2,1-2H3. The number of hydrogen-bond donors (Lipinski definition) is 0. The van der Waals surface area contributed by atoms with E-state index >= 15 is 0 Å². The highest BCUT2D eigenvalue weighted by atomic mass is 35.5. The monoisotopic (exact) mass is 337 g/mol. The Kier molecular flexibility index (Phi) is 6.25. The summed E-state index contributed by atoms with van der Waals surface area (Å²) in [4.78, 5) is 4.45. The molecule has 1 unspecified atom stereocenters. The first-order valence-electron chi connectivity index (χ1n) is 6.79. The Balaban J connectivity index is 2.30. The van der Waals surface area contributed by atoms with Crippen LogP contribution in [0.1, 0.15) is 5.56 Å². The highest BCUT2D eigenvalue weighted by molar-refractivity contribution is 6.38. The summed E-state index contributed by atoms with van der Waals surface area (Å²) >= 11 is 12.3. The molecule has 0 radical (unpaired) electrons. The van der Waals surface area contributed by atoms with Crippen molar-refractivity contribution in [2.45, 2.75) is 12.5 Å². The van der Waals surface area contributed by atoms with E-state index in [-0.39, 0.29) is 6.10 Å². The zero-order chi connectivity index (χ0) is 15.9. The van der Waals surface area contributed by atoms with Gasteiger partial charge in [-0.25, -0.2) is 4.99 Å². The molecule has 0 bridgehead atoms. The Morgan fingerprint density at radius 3 is 2.18 bits per heavy atom. The molecule has 0 fully saturated rings. The molecular weight excluding hydrogens is 321 g/mol. The van der Waals surface area contributed by atoms with Gasteiger partial charge in [0, 0.05) is 13.5 Å². The van der Waals surface area contributed by atoms with Crippen LogP contribution in [0.4, 0.5) is 5.69 Å². The van der Waals surface area contributed by atoms with Gasteiger partial charge in [0.2, 0.25) is 5.90 Å². The molecule has 116 valence electrons. The third kappa shape index (κ3) is 4.23. The van der Waals surface area contributed by atoms with E-state index in [0.29, 0.717) is 28.1 Å². The minimum atomic E-state index is -0.320. The van der Waals surface area contributed by atoms with Crippen LogP contribution in [0.2, 0.25) is 10.0 Å². The average molecular weight is 338 g/mol. The molecule has 2 rings (SSSR count). The van der Waals surface area contributed by atoms with Crippen LogP contribution in [0.3, 0.4) is 0 Å². The van der Waals surface area contributed by atoms with Gasteiger partial charge in [0.05, 0.1) is 17.2 Å². The lowest BCUT2D eigenvalue weighted by Gasteiger charge is -2.17. The van der Waals surface area contributed by atoms with Crippen molar-refractivity contribution in [3.05, 3.63) is 64.1 Å². The van der Waals surface area contributed by atoms with Gasteiger partial charge in [-0.1, -0.05) is 59.6 Å². The second kappa shape index (κ2) is 8.18. The largest absolute Gasteiger partial charge is 0.482 e. The molecule has 0 heterocycles. The SMILES string of the molecule is COC(=Nc1c(Cl)cccc1Cl)C(Cc1ccccc1)OC. The molecule has 0 amide bonds. The maximum absolute atomic E-state index is 6.15. The van der Waals surface area contributed by atoms with Crippen molar-refractivity contribution in [2.24, 2.45) is 4.99 Å². The summed E-state index contributed by atoms with van der Waals surface area (Å²) in [6.45, 7) is 0. The summed E-state index contributed by atoms with van der Waals surface area (Å²) in [5.74, 6) is 0.432. The van der Waals surface area contributed by atoms with Crippen molar-refractivity contribution in [3.8, 4) is 0 Å². The first-order valence-corrected chi connectivity index (χ1v) is 7.54. The molecule has 5 heteroatoms. The van der Waals surface area contributed by atoms with Crippen LogP contribution in [0.15, 0.2) is 53.5 Å². The fourth-order valence-electron chi connectivity index (χ4n) is 2.05. The molecule has 0 saturated heterocycles. The van der Waals surface area contributed by atoms with Gasteiger partial charge in [0.25, 0.3) is 0 Å². The molecule has 0 aliphatic heterocycles. The number of para-hydroxylation sites is 1. The van der Waals surface area contributed by atoms with E-state index in [1.807, 2.05) is 30.3 Å². The number of nitrogens with zero attached hydrogens (tertiary/aromatic N) is 1. The third-order valence-corrected chi connectivity index (χ3v) is 3.80. The number of benzene rings is 2. The van der Waals surface area contributed by atoms with Crippen molar-refractivity contribution in [1.29, 1.82) is 0 Å². The molecule has 3 nitrogen and oxygen atoms in total. The number of methoxy groups -OCH3 is 2. The van der Waals surface area contributed by atoms with E-state index in [4.69, 9.17) is 32.7 Å². The summed E-state index contributed by atoms with van der Waals surface area (Å²) in [6, 6.07) is 15.2. The Hall–Kier alpha value is -1.55. The normalized spacial score (nSPS) is 13.0. The smallest absolute Gasteiger partial charge is 0.218 e. The second-order valence-corrected chi connectivity index (χ2v) is 5.45. The van der Waals surface area contributed by atoms with Crippen molar-refractivity contribution in [2.75, 3.05) is 14.2 Å². The average Bonchev–Trinajstić information content (AvgIpc) is 2.54. The molecule has 22 heavy (non-hydrogen) atoms. The van der Waals surface area contributed by atoms with Crippen LogP contribution < -0.4 is 0 Å². The minimum Gasteiger partial charge on any atom is -0.482 e. The van der Waals surface area contributed by atoms with Gasteiger partial charge in [0.15, 0.2) is 0 Å². The van der Waals surface area contributed by atoms with Crippen molar-refractivity contribution >= 4 is 34.8 Å². The summed E-state index contributed by atoms with van der Waals surface area (Å²) in [7, 11) is 3.18. The predicted molar refractivity (Wildman–Crippen MR) is 91.5 cm³/mol. The number of rotatable bonds is 5. The number of hydrogen-bond acceptors (Lipinski definition) is 3. The van der Waals surface area contributed by atoms with E-state index in [2.05, 4.69) is 4.99 Å². The molecule has 0 aliphatic rings. The maximum Gasteiger partial charge on any atom is 0.218 e. The van der Waals surface area contributed by atoms with Crippen LogP contribution in [0, 0.1) is 0 Å². The van der Waals surface area contributed by atoms with Gasteiger partial charge < -0.3 is 9.47 Å². The van der Waals surface area contributed by atoms with Crippen LogP contribution >= 0.6 is 23.2 Å².